The number of hydrogen-bond acceptors (Lipinski definition) is 5. The standard InChI is InChI=1S/C20H17N5O/c1-14-3-2-4-16(13-14)22-20-23-19(24-25-20)15-5-7-17(8-6-15)26-18-9-11-21-12-10-18/h2-13H,1H3,(H2,22,23,24,25). The maximum Gasteiger partial charge on any atom is 0.246 e. The summed E-state index contributed by atoms with van der Waals surface area (Å²) in [7, 11) is 0. The second-order valence-electron chi connectivity index (χ2n) is 5.81. The minimum absolute atomic E-state index is 0.530. The van der Waals surface area contributed by atoms with E-state index in [0.29, 0.717) is 11.8 Å². The summed E-state index contributed by atoms with van der Waals surface area (Å²) in [5.74, 6) is 2.72. The Morgan fingerprint density at radius 1 is 0.923 bits per heavy atom. The van der Waals surface area contributed by atoms with Gasteiger partial charge in [0.2, 0.25) is 5.95 Å². The molecule has 0 atom stereocenters. The third-order valence-corrected chi connectivity index (χ3v) is 3.77. The Morgan fingerprint density at radius 2 is 1.69 bits per heavy atom. The van der Waals surface area contributed by atoms with Crippen molar-refractivity contribution in [2.24, 2.45) is 0 Å². The summed E-state index contributed by atoms with van der Waals surface area (Å²) in [6.45, 7) is 2.05. The maximum atomic E-state index is 5.77. The molecule has 2 heterocycles. The first-order chi connectivity index (χ1) is 12.8. The number of aryl methyl sites for hydroxylation is 1. The van der Waals surface area contributed by atoms with Gasteiger partial charge >= 0.3 is 0 Å². The molecule has 0 saturated heterocycles. The predicted molar refractivity (Wildman–Crippen MR) is 101 cm³/mol. The Kier molecular flexibility index (Phi) is 4.30. The molecule has 0 aliphatic carbocycles. The number of hydrogen-bond donors (Lipinski definition) is 2. The first-order valence-electron chi connectivity index (χ1n) is 8.21. The van der Waals surface area contributed by atoms with Gasteiger partial charge in [-0.05, 0) is 61.0 Å². The third kappa shape index (κ3) is 3.70. The van der Waals surface area contributed by atoms with E-state index in [1.807, 2.05) is 67.6 Å². The third-order valence-electron chi connectivity index (χ3n) is 3.77. The smallest absolute Gasteiger partial charge is 0.246 e. The molecule has 4 aromatic rings. The van der Waals surface area contributed by atoms with Crippen LogP contribution in [0.3, 0.4) is 0 Å². The zero-order valence-corrected chi connectivity index (χ0v) is 14.2. The van der Waals surface area contributed by atoms with Crippen LogP contribution in [-0.4, -0.2) is 20.2 Å². The average molecular weight is 343 g/mol. The minimum Gasteiger partial charge on any atom is -0.457 e. The van der Waals surface area contributed by atoms with E-state index in [2.05, 4.69) is 25.5 Å². The van der Waals surface area contributed by atoms with Gasteiger partial charge in [0.25, 0.3) is 0 Å². The van der Waals surface area contributed by atoms with Crippen molar-refractivity contribution in [1.82, 2.24) is 20.2 Å². The first-order valence-corrected chi connectivity index (χ1v) is 8.21. The Hall–Kier alpha value is -3.67. The number of benzene rings is 2. The van der Waals surface area contributed by atoms with Crippen LogP contribution in [0.5, 0.6) is 11.5 Å². The molecule has 2 aromatic heterocycles. The molecule has 0 fully saturated rings. The fourth-order valence-electron chi connectivity index (χ4n) is 2.52. The number of anilines is 2. The highest BCUT2D eigenvalue weighted by Crippen LogP contribution is 2.24. The number of nitrogens with zero attached hydrogens (tertiary/aromatic N) is 3. The van der Waals surface area contributed by atoms with E-state index in [0.717, 1.165) is 22.7 Å². The lowest BCUT2D eigenvalue weighted by Gasteiger charge is -2.05. The van der Waals surface area contributed by atoms with Crippen molar-refractivity contribution < 1.29 is 4.74 Å². The van der Waals surface area contributed by atoms with Crippen LogP contribution in [0.2, 0.25) is 0 Å². The topological polar surface area (TPSA) is 75.7 Å². The summed E-state index contributed by atoms with van der Waals surface area (Å²) in [4.78, 5) is 8.46. The SMILES string of the molecule is Cc1cccc(Nc2n[nH]c(-c3ccc(Oc4ccncc4)cc3)n2)c1. The lowest BCUT2D eigenvalue weighted by Crippen LogP contribution is -1.92. The lowest BCUT2D eigenvalue weighted by atomic mass is 10.2. The average Bonchev–Trinajstić information content (AvgIpc) is 3.12. The zero-order chi connectivity index (χ0) is 17.8. The van der Waals surface area contributed by atoms with E-state index >= 15 is 0 Å². The summed E-state index contributed by atoms with van der Waals surface area (Å²) < 4.78 is 5.77. The molecule has 0 spiro atoms. The van der Waals surface area contributed by atoms with Crippen molar-refractivity contribution >= 4 is 11.6 Å². The molecule has 0 amide bonds. The number of pyridine rings is 1. The van der Waals surface area contributed by atoms with E-state index in [9.17, 15) is 0 Å². The van der Waals surface area contributed by atoms with Gasteiger partial charge in [-0.1, -0.05) is 12.1 Å². The molecule has 2 N–H and O–H groups in total. The largest absolute Gasteiger partial charge is 0.457 e. The van der Waals surface area contributed by atoms with Gasteiger partial charge < -0.3 is 10.1 Å². The molecule has 0 bridgehead atoms. The summed E-state index contributed by atoms with van der Waals surface area (Å²) in [5.41, 5.74) is 3.06. The van der Waals surface area contributed by atoms with Gasteiger partial charge in [0, 0.05) is 23.6 Å². The van der Waals surface area contributed by atoms with Crippen LogP contribution in [0.1, 0.15) is 5.56 Å². The number of nitrogens with one attached hydrogen (secondary N) is 2. The monoisotopic (exact) mass is 343 g/mol. The van der Waals surface area contributed by atoms with Gasteiger partial charge in [0.05, 0.1) is 0 Å². The molecule has 128 valence electrons. The Bertz CT molecular complexity index is 996. The zero-order valence-electron chi connectivity index (χ0n) is 14.2. The van der Waals surface area contributed by atoms with Gasteiger partial charge in [0.15, 0.2) is 5.82 Å². The molecular formula is C20H17N5O. The Labute approximate surface area is 150 Å². The van der Waals surface area contributed by atoms with Crippen LogP contribution < -0.4 is 10.1 Å². The number of H-pyrrole nitrogens is 1. The van der Waals surface area contributed by atoms with Crippen molar-refractivity contribution in [3.63, 3.8) is 0 Å². The number of aromatic nitrogens is 4. The van der Waals surface area contributed by atoms with E-state index in [4.69, 9.17) is 4.74 Å². The first kappa shape index (κ1) is 15.8. The van der Waals surface area contributed by atoms with Crippen LogP contribution in [0.4, 0.5) is 11.6 Å². The predicted octanol–water partition coefficient (Wildman–Crippen LogP) is 4.71. The normalized spacial score (nSPS) is 10.5. The molecule has 6 heteroatoms. The van der Waals surface area contributed by atoms with Gasteiger partial charge in [-0.2, -0.15) is 4.98 Å². The fraction of sp³-hybridized carbons (Fsp3) is 0.0500. The molecule has 4 rings (SSSR count). The van der Waals surface area contributed by atoms with E-state index in [-0.39, 0.29) is 0 Å². The number of ether oxygens (including phenoxy) is 1. The van der Waals surface area contributed by atoms with Gasteiger partial charge in [-0.15, -0.1) is 5.10 Å². The van der Waals surface area contributed by atoms with Crippen molar-refractivity contribution in [2.75, 3.05) is 5.32 Å². The van der Waals surface area contributed by atoms with Crippen molar-refractivity contribution in [3.8, 4) is 22.9 Å². The second-order valence-corrected chi connectivity index (χ2v) is 5.81. The highest BCUT2D eigenvalue weighted by Gasteiger charge is 2.07. The van der Waals surface area contributed by atoms with Crippen LogP contribution in [-0.2, 0) is 0 Å². The van der Waals surface area contributed by atoms with E-state index in [1.54, 1.807) is 12.4 Å². The molecule has 0 aliphatic rings. The molecule has 26 heavy (non-hydrogen) atoms. The summed E-state index contributed by atoms with van der Waals surface area (Å²) in [6.07, 6.45) is 3.39. The van der Waals surface area contributed by atoms with Crippen LogP contribution >= 0.6 is 0 Å². The molecule has 0 saturated carbocycles. The molecule has 0 aliphatic heterocycles. The van der Waals surface area contributed by atoms with E-state index in [1.165, 1.54) is 5.56 Å². The number of aromatic amines is 1. The summed E-state index contributed by atoms with van der Waals surface area (Å²) in [5, 5.41) is 10.4. The minimum atomic E-state index is 0.530. The van der Waals surface area contributed by atoms with Crippen molar-refractivity contribution in [2.45, 2.75) is 6.92 Å². The van der Waals surface area contributed by atoms with Crippen molar-refractivity contribution in [3.05, 3.63) is 78.6 Å². The maximum absolute atomic E-state index is 5.77. The Balaban J connectivity index is 1.47. The van der Waals surface area contributed by atoms with Crippen molar-refractivity contribution in [1.29, 1.82) is 0 Å². The highest BCUT2D eigenvalue weighted by molar-refractivity contribution is 5.60. The summed E-state index contributed by atoms with van der Waals surface area (Å²) in [6, 6.07) is 19.4. The van der Waals surface area contributed by atoms with Gasteiger partial charge in [0.1, 0.15) is 11.5 Å². The number of rotatable bonds is 5. The molecule has 2 aromatic carbocycles. The summed E-state index contributed by atoms with van der Waals surface area (Å²) >= 11 is 0. The lowest BCUT2D eigenvalue weighted by molar-refractivity contribution is 0.482. The van der Waals surface area contributed by atoms with Crippen LogP contribution in [0.15, 0.2) is 73.1 Å². The molecule has 0 radical (unpaired) electrons. The quantitative estimate of drug-likeness (QED) is 0.549. The fourth-order valence-corrected chi connectivity index (χ4v) is 2.52. The van der Waals surface area contributed by atoms with Crippen LogP contribution in [0, 0.1) is 6.92 Å². The second kappa shape index (κ2) is 7.06. The van der Waals surface area contributed by atoms with Gasteiger partial charge in [-0.25, -0.2) is 0 Å². The Morgan fingerprint density at radius 3 is 2.46 bits per heavy atom. The molecule has 6 nitrogen and oxygen atoms in total. The molecule has 0 unspecified atom stereocenters. The van der Waals surface area contributed by atoms with Gasteiger partial charge in [-0.3, -0.25) is 10.1 Å². The highest BCUT2D eigenvalue weighted by atomic mass is 16.5. The van der Waals surface area contributed by atoms with Crippen LogP contribution in [0.25, 0.3) is 11.4 Å². The van der Waals surface area contributed by atoms with E-state index < -0.39 is 0 Å². The molecular weight excluding hydrogens is 326 g/mol.